The molecule has 0 unspecified atom stereocenters. The van der Waals surface area contributed by atoms with Crippen molar-refractivity contribution in [2.75, 3.05) is 20.7 Å². The largest absolute Gasteiger partial charge is 0.481 e. The number of fused-ring (bicyclic) bond motifs is 2. The topological polar surface area (TPSA) is 46.8 Å². The third kappa shape index (κ3) is 2.79. The van der Waals surface area contributed by atoms with Gasteiger partial charge < -0.3 is 9.64 Å². The van der Waals surface area contributed by atoms with Crippen molar-refractivity contribution in [1.29, 1.82) is 0 Å². The van der Waals surface area contributed by atoms with Gasteiger partial charge in [-0.05, 0) is 29.7 Å². The number of pyridine rings is 1. The SMILES string of the molecule is COc1ccc(-c2ccc3c(c2)CCN(C)C3=O)c2c(Cl)c(C(F)(F)F)nn12. The van der Waals surface area contributed by atoms with Gasteiger partial charge in [0.25, 0.3) is 5.91 Å². The van der Waals surface area contributed by atoms with Gasteiger partial charge in [0.1, 0.15) is 0 Å². The van der Waals surface area contributed by atoms with Crippen molar-refractivity contribution in [3.8, 4) is 17.0 Å². The van der Waals surface area contributed by atoms with Crippen LogP contribution in [0.4, 0.5) is 13.2 Å². The third-order valence-corrected chi connectivity index (χ3v) is 5.23. The molecule has 4 rings (SSSR count). The summed E-state index contributed by atoms with van der Waals surface area (Å²) in [6.45, 7) is 0.582. The van der Waals surface area contributed by atoms with Crippen LogP contribution < -0.4 is 4.74 Å². The molecule has 0 saturated heterocycles. The highest BCUT2D eigenvalue weighted by atomic mass is 35.5. The van der Waals surface area contributed by atoms with Gasteiger partial charge in [-0.2, -0.15) is 22.8 Å². The lowest BCUT2D eigenvalue weighted by molar-refractivity contribution is -0.141. The van der Waals surface area contributed by atoms with Gasteiger partial charge in [-0.25, -0.2) is 0 Å². The average Bonchev–Trinajstić information content (AvgIpc) is 3.02. The summed E-state index contributed by atoms with van der Waals surface area (Å²) in [7, 11) is 3.08. The van der Waals surface area contributed by atoms with E-state index >= 15 is 0 Å². The molecule has 2 aromatic heterocycles. The van der Waals surface area contributed by atoms with Crippen molar-refractivity contribution in [3.05, 3.63) is 52.2 Å². The van der Waals surface area contributed by atoms with E-state index in [-0.39, 0.29) is 17.3 Å². The van der Waals surface area contributed by atoms with Gasteiger partial charge in [0.05, 0.1) is 17.6 Å². The van der Waals surface area contributed by atoms with Gasteiger partial charge >= 0.3 is 6.18 Å². The Balaban J connectivity index is 1.95. The third-order valence-electron chi connectivity index (χ3n) is 4.87. The number of ether oxygens (including phenoxy) is 1. The highest BCUT2D eigenvalue weighted by Crippen LogP contribution is 2.41. The Bertz CT molecular complexity index is 1110. The average molecular weight is 410 g/mol. The van der Waals surface area contributed by atoms with Crippen molar-refractivity contribution in [3.63, 3.8) is 0 Å². The lowest BCUT2D eigenvalue weighted by Crippen LogP contribution is -2.34. The summed E-state index contributed by atoms with van der Waals surface area (Å²) in [6.07, 6.45) is -4.03. The zero-order chi connectivity index (χ0) is 20.2. The fourth-order valence-corrected chi connectivity index (χ4v) is 3.76. The molecule has 28 heavy (non-hydrogen) atoms. The molecular weight excluding hydrogens is 395 g/mol. The van der Waals surface area contributed by atoms with E-state index in [4.69, 9.17) is 16.3 Å². The molecule has 1 amide bonds. The molecular formula is C19H15ClF3N3O2. The first-order valence-electron chi connectivity index (χ1n) is 8.43. The number of benzene rings is 1. The normalized spacial score (nSPS) is 14.5. The predicted octanol–water partition coefficient (Wildman–Crippen LogP) is 4.31. The van der Waals surface area contributed by atoms with E-state index in [0.29, 0.717) is 29.7 Å². The number of carbonyl (C=O) groups is 1. The van der Waals surface area contributed by atoms with Crippen molar-refractivity contribution in [2.45, 2.75) is 12.6 Å². The summed E-state index contributed by atoms with van der Waals surface area (Å²) in [5, 5.41) is 3.13. The van der Waals surface area contributed by atoms with E-state index in [1.165, 1.54) is 13.2 Å². The number of hydrogen-bond donors (Lipinski definition) is 0. The second kappa shape index (κ2) is 6.41. The smallest absolute Gasteiger partial charge is 0.436 e. The zero-order valence-corrected chi connectivity index (χ0v) is 15.7. The molecule has 5 nitrogen and oxygen atoms in total. The molecule has 0 saturated carbocycles. The highest BCUT2D eigenvalue weighted by Gasteiger charge is 2.38. The number of nitrogens with zero attached hydrogens (tertiary/aromatic N) is 3. The molecule has 3 heterocycles. The summed E-state index contributed by atoms with van der Waals surface area (Å²) >= 11 is 6.09. The lowest BCUT2D eigenvalue weighted by Gasteiger charge is -2.25. The molecule has 3 aromatic rings. The predicted molar refractivity (Wildman–Crippen MR) is 97.9 cm³/mol. The lowest BCUT2D eigenvalue weighted by atomic mass is 9.94. The first kappa shape index (κ1) is 18.6. The van der Waals surface area contributed by atoms with E-state index in [1.807, 2.05) is 6.07 Å². The Morgan fingerprint density at radius 2 is 1.89 bits per heavy atom. The van der Waals surface area contributed by atoms with Crippen LogP contribution in [0.2, 0.25) is 5.02 Å². The van der Waals surface area contributed by atoms with Crippen LogP contribution in [0, 0.1) is 0 Å². The fourth-order valence-electron chi connectivity index (χ4n) is 3.44. The van der Waals surface area contributed by atoms with Gasteiger partial charge in [0, 0.05) is 30.8 Å². The number of rotatable bonds is 2. The van der Waals surface area contributed by atoms with Gasteiger partial charge in [0.15, 0.2) is 5.69 Å². The highest BCUT2D eigenvalue weighted by molar-refractivity contribution is 6.35. The number of methoxy groups -OCH3 is 1. The van der Waals surface area contributed by atoms with Crippen LogP contribution >= 0.6 is 11.6 Å². The monoisotopic (exact) mass is 409 g/mol. The molecule has 0 radical (unpaired) electrons. The molecule has 0 atom stereocenters. The number of amides is 1. The van der Waals surface area contributed by atoms with Gasteiger partial charge in [0.2, 0.25) is 5.88 Å². The Kier molecular flexibility index (Phi) is 4.26. The van der Waals surface area contributed by atoms with Crippen molar-refractivity contribution >= 4 is 23.0 Å². The summed E-state index contributed by atoms with van der Waals surface area (Å²) < 4.78 is 46.1. The summed E-state index contributed by atoms with van der Waals surface area (Å²) in [4.78, 5) is 13.9. The minimum absolute atomic E-state index is 0.0746. The van der Waals surface area contributed by atoms with E-state index in [2.05, 4.69) is 5.10 Å². The molecule has 0 aliphatic carbocycles. The standard InChI is InChI=1S/C19H15ClF3N3O2/c1-25-8-7-11-9-10(3-4-13(11)18(25)27)12-5-6-14(28-2)26-16(12)15(20)17(24-26)19(21,22)23/h3-6,9H,7-8H2,1-2H3. The summed E-state index contributed by atoms with van der Waals surface area (Å²) in [5.41, 5.74) is 1.50. The minimum Gasteiger partial charge on any atom is -0.481 e. The molecule has 0 N–H and O–H groups in total. The zero-order valence-electron chi connectivity index (χ0n) is 15.0. The van der Waals surface area contributed by atoms with Crippen LogP contribution in [0.1, 0.15) is 21.6 Å². The van der Waals surface area contributed by atoms with Gasteiger partial charge in [-0.1, -0.05) is 23.7 Å². The minimum atomic E-state index is -4.70. The number of carbonyl (C=O) groups excluding carboxylic acids is 1. The van der Waals surface area contributed by atoms with Crippen molar-refractivity contribution in [1.82, 2.24) is 14.5 Å². The number of hydrogen-bond acceptors (Lipinski definition) is 3. The van der Waals surface area contributed by atoms with E-state index in [9.17, 15) is 18.0 Å². The molecule has 9 heteroatoms. The van der Waals surface area contributed by atoms with Crippen molar-refractivity contribution < 1.29 is 22.7 Å². The molecule has 0 spiro atoms. The van der Waals surface area contributed by atoms with Crippen LogP contribution in [0.3, 0.4) is 0 Å². The fraction of sp³-hybridized carbons (Fsp3) is 0.263. The maximum absolute atomic E-state index is 13.3. The Morgan fingerprint density at radius 1 is 1.18 bits per heavy atom. The molecule has 1 aliphatic heterocycles. The van der Waals surface area contributed by atoms with Crippen molar-refractivity contribution in [2.24, 2.45) is 0 Å². The number of alkyl halides is 3. The van der Waals surface area contributed by atoms with Crippen LogP contribution in [-0.4, -0.2) is 41.1 Å². The molecule has 146 valence electrons. The molecule has 0 fully saturated rings. The Hall–Kier alpha value is -2.74. The Morgan fingerprint density at radius 3 is 2.57 bits per heavy atom. The maximum atomic E-state index is 13.3. The molecule has 1 aliphatic rings. The first-order valence-corrected chi connectivity index (χ1v) is 8.81. The second-order valence-electron chi connectivity index (χ2n) is 6.56. The van der Waals surface area contributed by atoms with E-state index in [1.54, 1.807) is 30.1 Å². The van der Waals surface area contributed by atoms with Gasteiger partial charge in [-0.15, -0.1) is 0 Å². The van der Waals surface area contributed by atoms with Crippen LogP contribution in [0.5, 0.6) is 5.88 Å². The summed E-state index contributed by atoms with van der Waals surface area (Å²) in [5.74, 6) is 0.0559. The number of halogens is 4. The van der Waals surface area contributed by atoms with Gasteiger partial charge in [-0.3, -0.25) is 4.79 Å². The number of likely N-dealkylation sites (N-methyl/N-ethyl adjacent to an activating group) is 1. The van der Waals surface area contributed by atoms with Crippen LogP contribution in [-0.2, 0) is 12.6 Å². The summed E-state index contributed by atoms with van der Waals surface area (Å²) in [6, 6.07) is 8.38. The van der Waals surface area contributed by atoms with E-state index < -0.39 is 16.9 Å². The Labute approximate surface area is 163 Å². The molecule has 1 aromatic carbocycles. The van der Waals surface area contributed by atoms with E-state index in [0.717, 1.165) is 10.1 Å². The van der Waals surface area contributed by atoms with Crippen LogP contribution in [0.25, 0.3) is 16.6 Å². The van der Waals surface area contributed by atoms with Crippen LogP contribution in [0.15, 0.2) is 30.3 Å². The quantitative estimate of drug-likeness (QED) is 0.633. The number of aromatic nitrogens is 2. The second-order valence-corrected chi connectivity index (χ2v) is 6.94. The molecule has 0 bridgehead atoms. The maximum Gasteiger partial charge on any atom is 0.436 e. The first-order chi connectivity index (χ1) is 13.2.